The lowest BCUT2D eigenvalue weighted by Gasteiger charge is -2.13. The molecule has 0 aliphatic heterocycles. The fraction of sp³-hybridized carbons (Fsp3) is 0.364. The molecule has 1 atom stereocenters. The Bertz CT molecular complexity index is 379. The van der Waals surface area contributed by atoms with Gasteiger partial charge in [-0.15, -0.1) is 0 Å². The predicted molar refractivity (Wildman–Crippen MR) is 60.3 cm³/mol. The van der Waals surface area contributed by atoms with Crippen LogP contribution in [0.25, 0.3) is 0 Å². The maximum absolute atomic E-state index is 11.4. The normalized spacial score (nSPS) is 11.8. The van der Waals surface area contributed by atoms with Crippen LogP contribution in [0, 0.1) is 0 Å². The van der Waals surface area contributed by atoms with Crippen LogP contribution in [0.1, 0.15) is 18.4 Å². The van der Waals surface area contributed by atoms with E-state index in [1.54, 1.807) is 39.3 Å². The zero-order valence-corrected chi connectivity index (χ0v) is 9.61. The Morgan fingerprint density at radius 2 is 1.94 bits per heavy atom. The summed E-state index contributed by atoms with van der Waals surface area (Å²) in [6.45, 7) is 1.77. The van der Waals surface area contributed by atoms with Crippen LogP contribution in [0.4, 0.5) is 0 Å². The van der Waals surface area contributed by atoms with Crippen molar-refractivity contribution in [2.24, 2.45) is 5.84 Å². The topological polar surface area (TPSA) is 73.6 Å². The zero-order valence-electron chi connectivity index (χ0n) is 9.61. The maximum atomic E-state index is 11.4. The highest BCUT2D eigenvalue weighted by Crippen LogP contribution is 2.30. The summed E-state index contributed by atoms with van der Waals surface area (Å²) in [4.78, 5) is 11.4. The second-order valence-corrected chi connectivity index (χ2v) is 3.34. The molecule has 1 aromatic carbocycles. The smallest absolute Gasteiger partial charge is 0.241 e. The highest BCUT2D eigenvalue weighted by atomic mass is 16.5. The molecule has 0 fully saturated rings. The molecule has 16 heavy (non-hydrogen) atoms. The van der Waals surface area contributed by atoms with E-state index in [1.165, 1.54) is 0 Å². The van der Waals surface area contributed by atoms with E-state index < -0.39 is 0 Å². The molecule has 88 valence electrons. The molecule has 0 aliphatic carbocycles. The van der Waals surface area contributed by atoms with E-state index in [0.717, 1.165) is 5.56 Å². The molecule has 0 aliphatic rings. The third-order valence-corrected chi connectivity index (χ3v) is 2.44. The third kappa shape index (κ3) is 2.43. The monoisotopic (exact) mass is 224 g/mol. The first-order valence-electron chi connectivity index (χ1n) is 4.86. The summed E-state index contributed by atoms with van der Waals surface area (Å²) in [5.41, 5.74) is 2.94. The molecular weight excluding hydrogens is 208 g/mol. The number of nitrogens with two attached hydrogens (primary N) is 1. The standard InChI is InChI=1S/C11H16N2O3/c1-7(11(14)13-12)8-4-5-9(15-2)10(6-8)16-3/h4-7H,12H2,1-3H3,(H,13,14). The average Bonchev–Trinajstić information content (AvgIpc) is 2.35. The van der Waals surface area contributed by atoms with Crippen LogP contribution in [0.15, 0.2) is 18.2 Å². The zero-order chi connectivity index (χ0) is 12.1. The second-order valence-electron chi connectivity index (χ2n) is 3.34. The van der Waals surface area contributed by atoms with Gasteiger partial charge in [-0.2, -0.15) is 0 Å². The molecule has 0 heterocycles. The SMILES string of the molecule is COc1ccc(C(C)C(=O)NN)cc1OC. The minimum absolute atomic E-state index is 0.243. The molecule has 0 spiro atoms. The van der Waals surface area contributed by atoms with Gasteiger partial charge in [-0.25, -0.2) is 5.84 Å². The molecule has 0 saturated heterocycles. The number of rotatable bonds is 4. The first-order chi connectivity index (χ1) is 7.63. The molecule has 0 radical (unpaired) electrons. The number of carbonyl (C=O) groups is 1. The maximum Gasteiger partial charge on any atom is 0.241 e. The molecule has 1 rings (SSSR count). The van der Waals surface area contributed by atoms with Crippen molar-refractivity contribution >= 4 is 5.91 Å². The number of ether oxygens (including phenoxy) is 2. The summed E-state index contributed by atoms with van der Waals surface area (Å²) in [6.07, 6.45) is 0. The number of methoxy groups -OCH3 is 2. The van der Waals surface area contributed by atoms with Crippen LogP contribution in [0.2, 0.25) is 0 Å². The average molecular weight is 224 g/mol. The van der Waals surface area contributed by atoms with Crippen molar-refractivity contribution in [1.82, 2.24) is 5.43 Å². The lowest BCUT2D eigenvalue weighted by atomic mass is 10.00. The fourth-order valence-corrected chi connectivity index (χ4v) is 1.40. The number of hydrogen-bond donors (Lipinski definition) is 2. The van der Waals surface area contributed by atoms with E-state index in [-0.39, 0.29) is 11.8 Å². The summed E-state index contributed by atoms with van der Waals surface area (Å²) < 4.78 is 10.3. The van der Waals surface area contributed by atoms with Crippen LogP contribution in [0.3, 0.4) is 0 Å². The van der Waals surface area contributed by atoms with Gasteiger partial charge in [0.1, 0.15) is 0 Å². The van der Waals surface area contributed by atoms with Crippen molar-refractivity contribution in [1.29, 1.82) is 0 Å². The highest BCUT2D eigenvalue weighted by Gasteiger charge is 2.16. The third-order valence-electron chi connectivity index (χ3n) is 2.44. The van der Waals surface area contributed by atoms with Crippen LogP contribution >= 0.6 is 0 Å². The minimum atomic E-state index is -0.329. The predicted octanol–water partition coefficient (Wildman–Crippen LogP) is 0.797. The van der Waals surface area contributed by atoms with Crippen LogP contribution in [-0.4, -0.2) is 20.1 Å². The van der Waals surface area contributed by atoms with Crippen LogP contribution in [0.5, 0.6) is 11.5 Å². The molecule has 5 nitrogen and oxygen atoms in total. The lowest BCUT2D eigenvalue weighted by molar-refractivity contribution is -0.122. The van der Waals surface area contributed by atoms with E-state index in [0.29, 0.717) is 11.5 Å². The van der Waals surface area contributed by atoms with E-state index >= 15 is 0 Å². The fourth-order valence-electron chi connectivity index (χ4n) is 1.40. The molecule has 1 unspecified atom stereocenters. The summed E-state index contributed by atoms with van der Waals surface area (Å²) >= 11 is 0. The molecule has 0 bridgehead atoms. The molecule has 1 aromatic rings. The summed E-state index contributed by atoms with van der Waals surface area (Å²) in [7, 11) is 3.11. The molecule has 0 saturated carbocycles. The molecule has 1 amide bonds. The highest BCUT2D eigenvalue weighted by molar-refractivity contribution is 5.82. The number of hydrogen-bond acceptors (Lipinski definition) is 4. The first-order valence-corrected chi connectivity index (χ1v) is 4.86. The van der Waals surface area contributed by atoms with Gasteiger partial charge >= 0.3 is 0 Å². The van der Waals surface area contributed by atoms with Crippen molar-refractivity contribution in [2.45, 2.75) is 12.8 Å². The van der Waals surface area contributed by atoms with Crippen molar-refractivity contribution in [3.63, 3.8) is 0 Å². The first kappa shape index (κ1) is 12.3. The van der Waals surface area contributed by atoms with Crippen molar-refractivity contribution < 1.29 is 14.3 Å². The van der Waals surface area contributed by atoms with E-state index in [1.807, 2.05) is 0 Å². The van der Waals surface area contributed by atoms with Gasteiger partial charge in [0.2, 0.25) is 5.91 Å². The Hall–Kier alpha value is -1.75. The van der Waals surface area contributed by atoms with Gasteiger partial charge in [0.15, 0.2) is 11.5 Å². The molecule has 3 N–H and O–H groups in total. The summed E-state index contributed by atoms with van der Waals surface area (Å²) in [5.74, 6) is 5.73. The number of benzene rings is 1. The van der Waals surface area contributed by atoms with Gasteiger partial charge in [0.05, 0.1) is 20.1 Å². The van der Waals surface area contributed by atoms with Gasteiger partial charge in [0.25, 0.3) is 0 Å². The number of carbonyl (C=O) groups excluding carboxylic acids is 1. The second kappa shape index (κ2) is 5.37. The quantitative estimate of drug-likeness (QED) is 0.450. The van der Waals surface area contributed by atoms with E-state index in [4.69, 9.17) is 15.3 Å². The number of nitrogens with one attached hydrogen (secondary N) is 1. The Morgan fingerprint density at radius 3 is 2.44 bits per heavy atom. The molecular formula is C11H16N2O3. The molecule has 5 heteroatoms. The molecule has 0 aromatic heterocycles. The number of amides is 1. The van der Waals surface area contributed by atoms with Crippen molar-refractivity contribution in [3.8, 4) is 11.5 Å². The Balaban J connectivity index is 3.03. The summed E-state index contributed by atoms with van der Waals surface area (Å²) in [6, 6.07) is 5.33. The van der Waals surface area contributed by atoms with Gasteiger partial charge in [-0.3, -0.25) is 10.2 Å². The number of hydrazine groups is 1. The minimum Gasteiger partial charge on any atom is -0.493 e. The Morgan fingerprint density at radius 1 is 1.31 bits per heavy atom. The summed E-state index contributed by atoms with van der Waals surface area (Å²) in [5, 5.41) is 0. The van der Waals surface area contributed by atoms with Crippen LogP contribution < -0.4 is 20.7 Å². The van der Waals surface area contributed by atoms with Crippen LogP contribution in [-0.2, 0) is 4.79 Å². The van der Waals surface area contributed by atoms with Gasteiger partial charge < -0.3 is 9.47 Å². The lowest BCUT2D eigenvalue weighted by Crippen LogP contribution is -2.33. The van der Waals surface area contributed by atoms with E-state index in [2.05, 4.69) is 5.43 Å². The van der Waals surface area contributed by atoms with Gasteiger partial charge in [0, 0.05) is 0 Å². The van der Waals surface area contributed by atoms with Gasteiger partial charge in [-0.1, -0.05) is 6.07 Å². The Kier molecular flexibility index (Phi) is 4.13. The van der Waals surface area contributed by atoms with Crippen molar-refractivity contribution in [3.05, 3.63) is 23.8 Å². The van der Waals surface area contributed by atoms with Gasteiger partial charge in [-0.05, 0) is 24.6 Å². The Labute approximate surface area is 94.5 Å². The van der Waals surface area contributed by atoms with E-state index in [9.17, 15) is 4.79 Å². The largest absolute Gasteiger partial charge is 0.493 e. The van der Waals surface area contributed by atoms with Crippen molar-refractivity contribution in [2.75, 3.05) is 14.2 Å².